The van der Waals surface area contributed by atoms with Crippen LogP contribution in [0.3, 0.4) is 0 Å². The van der Waals surface area contributed by atoms with E-state index in [1.165, 1.54) is 17.5 Å². The van der Waals surface area contributed by atoms with Crippen LogP contribution >= 0.6 is 12.4 Å². The molecule has 22 heavy (non-hydrogen) atoms. The van der Waals surface area contributed by atoms with Gasteiger partial charge in [0.25, 0.3) is 0 Å². The zero-order chi connectivity index (χ0) is 14.9. The van der Waals surface area contributed by atoms with Crippen LogP contribution in [0.1, 0.15) is 31.4 Å². The van der Waals surface area contributed by atoms with Crippen LogP contribution < -0.4 is 10.1 Å². The van der Waals surface area contributed by atoms with Gasteiger partial charge in [-0.25, -0.2) is 0 Å². The first-order valence-electron chi connectivity index (χ1n) is 7.71. The molecule has 0 aliphatic heterocycles. The molecule has 2 rings (SSSR count). The lowest BCUT2D eigenvalue weighted by Gasteiger charge is -2.13. The Hall–Kier alpha value is -1.51. The van der Waals surface area contributed by atoms with E-state index >= 15 is 0 Å². The fraction of sp³-hybridized carbons (Fsp3) is 0.368. The Kier molecular flexibility index (Phi) is 8.64. The van der Waals surface area contributed by atoms with Gasteiger partial charge in [0.1, 0.15) is 12.4 Å². The van der Waals surface area contributed by atoms with E-state index in [1.807, 2.05) is 30.3 Å². The van der Waals surface area contributed by atoms with Gasteiger partial charge in [-0.15, -0.1) is 12.4 Å². The lowest BCUT2D eigenvalue weighted by atomic mass is 10.1. The van der Waals surface area contributed by atoms with Crippen LogP contribution in [-0.4, -0.2) is 6.54 Å². The summed E-state index contributed by atoms with van der Waals surface area (Å²) in [6.45, 7) is 7.02. The third kappa shape index (κ3) is 6.50. The predicted molar refractivity (Wildman–Crippen MR) is 95.6 cm³/mol. The van der Waals surface area contributed by atoms with Crippen molar-refractivity contribution in [2.75, 3.05) is 6.54 Å². The van der Waals surface area contributed by atoms with Crippen LogP contribution in [0.15, 0.2) is 54.6 Å². The number of hydrogen-bond donors (Lipinski definition) is 1. The molecular formula is C19H26ClNO. The van der Waals surface area contributed by atoms with Gasteiger partial charge < -0.3 is 10.1 Å². The standard InChI is InChI=1S/C19H25NO.ClH/c1-16(2)12-13-20-14-18-10-6-7-11-19(18)21-15-17-8-4-3-5-9-17;/h3-11,16,20H,12-15H2,1-2H3;1H. The minimum absolute atomic E-state index is 0. The summed E-state index contributed by atoms with van der Waals surface area (Å²) in [6, 6.07) is 18.5. The molecule has 0 bridgehead atoms. The molecule has 0 aliphatic rings. The molecule has 3 heteroatoms. The van der Waals surface area contributed by atoms with Gasteiger partial charge in [0.15, 0.2) is 0 Å². The van der Waals surface area contributed by atoms with Gasteiger partial charge in [-0.2, -0.15) is 0 Å². The first kappa shape index (κ1) is 18.5. The van der Waals surface area contributed by atoms with E-state index in [2.05, 4.69) is 43.4 Å². The summed E-state index contributed by atoms with van der Waals surface area (Å²) in [7, 11) is 0. The molecule has 0 unspecified atom stereocenters. The number of para-hydroxylation sites is 1. The van der Waals surface area contributed by atoms with E-state index in [0.717, 1.165) is 24.8 Å². The molecule has 2 aromatic rings. The molecule has 120 valence electrons. The van der Waals surface area contributed by atoms with Crippen LogP contribution in [0.4, 0.5) is 0 Å². The molecule has 0 heterocycles. The second kappa shape index (κ2) is 10.3. The highest BCUT2D eigenvalue weighted by Gasteiger charge is 2.03. The summed E-state index contributed by atoms with van der Waals surface area (Å²) in [5.74, 6) is 1.71. The van der Waals surface area contributed by atoms with Crippen LogP contribution in [0.25, 0.3) is 0 Å². The van der Waals surface area contributed by atoms with E-state index in [-0.39, 0.29) is 12.4 Å². The van der Waals surface area contributed by atoms with Crippen molar-refractivity contribution < 1.29 is 4.74 Å². The Bertz CT molecular complexity index is 528. The van der Waals surface area contributed by atoms with Crippen molar-refractivity contribution >= 4 is 12.4 Å². The van der Waals surface area contributed by atoms with Crippen molar-refractivity contribution in [1.82, 2.24) is 5.32 Å². The van der Waals surface area contributed by atoms with Gasteiger partial charge in [-0.3, -0.25) is 0 Å². The summed E-state index contributed by atoms with van der Waals surface area (Å²) in [5, 5.41) is 3.49. The maximum absolute atomic E-state index is 5.96. The Balaban J connectivity index is 0.00000242. The highest BCUT2D eigenvalue weighted by Crippen LogP contribution is 2.19. The van der Waals surface area contributed by atoms with Crippen molar-refractivity contribution in [3.05, 3.63) is 65.7 Å². The number of ether oxygens (including phenoxy) is 1. The Morgan fingerprint density at radius 1 is 0.955 bits per heavy atom. The van der Waals surface area contributed by atoms with Gasteiger partial charge in [-0.1, -0.05) is 62.4 Å². The molecule has 0 aromatic heterocycles. The second-order valence-corrected chi connectivity index (χ2v) is 5.74. The lowest BCUT2D eigenvalue weighted by molar-refractivity contribution is 0.302. The Labute approximate surface area is 140 Å². The number of hydrogen-bond acceptors (Lipinski definition) is 2. The zero-order valence-corrected chi connectivity index (χ0v) is 14.2. The highest BCUT2D eigenvalue weighted by molar-refractivity contribution is 5.85. The fourth-order valence-corrected chi connectivity index (χ4v) is 2.14. The van der Waals surface area contributed by atoms with Crippen molar-refractivity contribution in [1.29, 1.82) is 0 Å². The summed E-state index contributed by atoms with van der Waals surface area (Å²) < 4.78 is 5.96. The summed E-state index contributed by atoms with van der Waals surface area (Å²) >= 11 is 0. The average molecular weight is 320 g/mol. The third-order valence-corrected chi connectivity index (χ3v) is 3.42. The van der Waals surface area contributed by atoms with E-state index in [4.69, 9.17) is 4.74 Å². The number of nitrogens with one attached hydrogen (secondary N) is 1. The molecule has 2 aromatic carbocycles. The number of halogens is 1. The van der Waals surface area contributed by atoms with Crippen LogP contribution in [-0.2, 0) is 13.2 Å². The van der Waals surface area contributed by atoms with Gasteiger partial charge in [0.05, 0.1) is 0 Å². The molecule has 0 amide bonds. The predicted octanol–water partition coefficient (Wildman–Crippen LogP) is 4.82. The molecule has 0 spiro atoms. The molecule has 0 saturated heterocycles. The van der Waals surface area contributed by atoms with Crippen molar-refractivity contribution in [2.45, 2.75) is 33.4 Å². The van der Waals surface area contributed by atoms with Gasteiger partial charge >= 0.3 is 0 Å². The highest BCUT2D eigenvalue weighted by atomic mass is 35.5. The van der Waals surface area contributed by atoms with E-state index in [1.54, 1.807) is 0 Å². The topological polar surface area (TPSA) is 21.3 Å². The minimum atomic E-state index is 0. The molecule has 0 atom stereocenters. The lowest BCUT2D eigenvalue weighted by Crippen LogP contribution is -2.16. The number of rotatable bonds is 8. The molecular weight excluding hydrogens is 294 g/mol. The Morgan fingerprint density at radius 2 is 1.64 bits per heavy atom. The quantitative estimate of drug-likeness (QED) is 0.704. The summed E-state index contributed by atoms with van der Waals surface area (Å²) in [4.78, 5) is 0. The Morgan fingerprint density at radius 3 is 2.36 bits per heavy atom. The van der Waals surface area contributed by atoms with Gasteiger partial charge in [0.2, 0.25) is 0 Å². The fourth-order valence-electron chi connectivity index (χ4n) is 2.14. The molecule has 0 aliphatic carbocycles. The molecule has 1 N–H and O–H groups in total. The monoisotopic (exact) mass is 319 g/mol. The molecule has 0 radical (unpaired) electrons. The average Bonchev–Trinajstić information content (AvgIpc) is 2.51. The third-order valence-electron chi connectivity index (χ3n) is 3.42. The van der Waals surface area contributed by atoms with E-state index < -0.39 is 0 Å². The van der Waals surface area contributed by atoms with Gasteiger partial charge in [-0.05, 0) is 30.5 Å². The summed E-state index contributed by atoms with van der Waals surface area (Å²) in [6.07, 6.45) is 1.20. The largest absolute Gasteiger partial charge is 0.489 e. The second-order valence-electron chi connectivity index (χ2n) is 5.74. The van der Waals surface area contributed by atoms with Crippen molar-refractivity contribution in [3.8, 4) is 5.75 Å². The van der Waals surface area contributed by atoms with Gasteiger partial charge in [0, 0.05) is 12.1 Å². The van der Waals surface area contributed by atoms with Crippen molar-refractivity contribution in [3.63, 3.8) is 0 Å². The van der Waals surface area contributed by atoms with Crippen LogP contribution in [0.2, 0.25) is 0 Å². The SMILES string of the molecule is CC(C)CCNCc1ccccc1OCc1ccccc1.Cl. The molecule has 0 saturated carbocycles. The van der Waals surface area contributed by atoms with E-state index in [9.17, 15) is 0 Å². The normalized spacial score (nSPS) is 10.3. The molecule has 2 nitrogen and oxygen atoms in total. The van der Waals surface area contributed by atoms with Crippen LogP contribution in [0.5, 0.6) is 5.75 Å². The first-order chi connectivity index (χ1) is 10.3. The van der Waals surface area contributed by atoms with E-state index in [0.29, 0.717) is 6.61 Å². The number of benzene rings is 2. The maximum atomic E-state index is 5.96. The van der Waals surface area contributed by atoms with Crippen molar-refractivity contribution in [2.24, 2.45) is 5.92 Å². The summed E-state index contributed by atoms with van der Waals surface area (Å²) in [5.41, 5.74) is 2.41. The first-order valence-corrected chi connectivity index (χ1v) is 7.71. The smallest absolute Gasteiger partial charge is 0.124 e. The zero-order valence-electron chi connectivity index (χ0n) is 13.4. The molecule has 0 fully saturated rings. The maximum Gasteiger partial charge on any atom is 0.124 e. The van der Waals surface area contributed by atoms with Crippen LogP contribution in [0, 0.1) is 5.92 Å². The minimum Gasteiger partial charge on any atom is -0.489 e.